The van der Waals surface area contributed by atoms with Gasteiger partial charge in [0, 0.05) is 24.2 Å². The van der Waals surface area contributed by atoms with E-state index in [0.717, 1.165) is 13.1 Å². The summed E-state index contributed by atoms with van der Waals surface area (Å²) >= 11 is 0. The van der Waals surface area contributed by atoms with Gasteiger partial charge >= 0.3 is 0 Å². The van der Waals surface area contributed by atoms with Gasteiger partial charge < -0.3 is 10.6 Å². The second-order valence-electron chi connectivity index (χ2n) is 6.92. The average Bonchev–Trinajstić information content (AvgIpc) is 2.66. The molecule has 4 nitrogen and oxygen atoms in total. The lowest BCUT2D eigenvalue weighted by molar-refractivity contribution is -0.00266. The number of hydrogen-bond donors (Lipinski definition) is 2. The molecule has 2 rings (SSSR count). The third kappa shape index (κ3) is 3.73. The van der Waals surface area contributed by atoms with Gasteiger partial charge in [-0.2, -0.15) is 0 Å². The summed E-state index contributed by atoms with van der Waals surface area (Å²) in [5, 5.41) is 2.51. The molecular weight excluding hydrogens is 248 g/mol. The van der Waals surface area contributed by atoms with Crippen molar-refractivity contribution in [3.05, 3.63) is 0 Å². The van der Waals surface area contributed by atoms with Crippen molar-refractivity contribution in [1.29, 1.82) is 0 Å². The first-order valence-corrected chi connectivity index (χ1v) is 8.59. The molecule has 20 heavy (non-hydrogen) atoms. The molecule has 4 heteroatoms. The number of rotatable bonds is 4. The van der Waals surface area contributed by atoms with E-state index < -0.39 is 0 Å². The second-order valence-corrected chi connectivity index (χ2v) is 6.92. The molecule has 0 bridgehead atoms. The highest BCUT2D eigenvalue weighted by atomic mass is 15.6. The summed E-state index contributed by atoms with van der Waals surface area (Å²) in [5.41, 5.74) is 10.2. The van der Waals surface area contributed by atoms with Crippen LogP contribution in [0.1, 0.15) is 59.3 Å². The van der Waals surface area contributed by atoms with E-state index in [1.54, 1.807) is 0 Å². The van der Waals surface area contributed by atoms with Crippen LogP contribution >= 0.6 is 0 Å². The first-order valence-electron chi connectivity index (χ1n) is 8.59. The molecule has 118 valence electrons. The average molecular weight is 282 g/mol. The van der Waals surface area contributed by atoms with Crippen LogP contribution < -0.4 is 11.2 Å². The molecule has 2 aliphatic heterocycles. The molecule has 3 N–H and O–H groups in total. The van der Waals surface area contributed by atoms with E-state index >= 15 is 0 Å². The highest BCUT2D eigenvalue weighted by Crippen LogP contribution is 2.27. The number of hydrazine groups is 1. The van der Waals surface area contributed by atoms with E-state index in [4.69, 9.17) is 5.73 Å². The number of nitrogens with one attached hydrogen (secondary N) is 1. The van der Waals surface area contributed by atoms with Crippen LogP contribution in [0.2, 0.25) is 0 Å². The van der Waals surface area contributed by atoms with Crippen LogP contribution in [0.25, 0.3) is 0 Å². The molecule has 0 radical (unpaired) electrons. The quantitative estimate of drug-likeness (QED) is 0.827. The van der Waals surface area contributed by atoms with Gasteiger partial charge in [-0.05, 0) is 65.6 Å². The number of likely N-dealkylation sites (tertiary alicyclic amines) is 1. The fraction of sp³-hybridized carbons (Fsp3) is 1.00. The van der Waals surface area contributed by atoms with Crippen molar-refractivity contribution in [2.45, 2.75) is 76.9 Å². The van der Waals surface area contributed by atoms with Gasteiger partial charge in [-0.3, -0.25) is 0 Å². The molecule has 0 saturated carbocycles. The lowest BCUT2D eigenvalue weighted by Gasteiger charge is -2.46. The van der Waals surface area contributed by atoms with Crippen LogP contribution in [0.5, 0.6) is 0 Å². The van der Waals surface area contributed by atoms with E-state index in [0.29, 0.717) is 12.1 Å². The van der Waals surface area contributed by atoms with Gasteiger partial charge in [-0.1, -0.05) is 13.3 Å². The molecule has 3 unspecified atom stereocenters. The van der Waals surface area contributed by atoms with Crippen LogP contribution in [0.3, 0.4) is 0 Å². The maximum atomic E-state index is 6.19. The summed E-state index contributed by atoms with van der Waals surface area (Å²) in [7, 11) is 0. The van der Waals surface area contributed by atoms with E-state index in [2.05, 4.69) is 36.1 Å². The van der Waals surface area contributed by atoms with Gasteiger partial charge in [0.1, 0.15) is 0 Å². The Morgan fingerprint density at radius 2 is 1.80 bits per heavy atom. The van der Waals surface area contributed by atoms with Crippen LogP contribution in [0, 0.1) is 0 Å². The highest BCUT2D eigenvalue weighted by molar-refractivity contribution is 4.93. The maximum Gasteiger partial charge on any atom is 0.0460 e. The predicted octanol–water partition coefficient (Wildman–Crippen LogP) is 1.96. The smallest absolute Gasteiger partial charge is 0.0460 e. The Bertz CT molecular complexity index is 286. The van der Waals surface area contributed by atoms with Crippen LogP contribution in [0.15, 0.2) is 0 Å². The number of hydrogen-bond acceptors (Lipinski definition) is 4. The van der Waals surface area contributed by atoms with Crippen molar-refractivity contribution in [2.24, 2.45) is 5.73 Å². The molecular formula is C16H34N4. The molecule has 2 saturated heterocycles. The lowest BCUT2D eigenvalue weighted by atomic mass is 9.90. The third-order valence-electron chi connectivity index (χ3n) is 5.43. The predicted molar refractivity (Wildman–Crippen MR) is 85.5 cm³/mol. The summed E-state index contributed by atoms with van der Waals surface area (Å²) in [5.74, 6) is 0. The van der Waals surface area contributed by atoms with E-state index in [9.17, 15) is 0 Å². The zero-order valence-electron chi connectivity index (χ0n) is 13.7. The number of nitrogens with two attached hydrogens (primary N) is 1. The Balaban J connectivity index is 2.02. The molecule has 0 aromatic heterocycles. The first kappa shape index (κ1) is 16.2. The fourth-order valence-corrected chi connectivity index (χ4v) is 3.84. The molecule has 2 fully saturated rings. The minimum absolute atomic E-state index is 0.115. The molecule has 0 aliphatic carbocycles. The lowest BCUT2D eigenvalue weighted by Crippen LogP contribution is -2.63. The maximum absolute atomic E-state index is 6.19. The standard InChI is InChI=1S/C16H34N4/c1-4-19-11-6-9-16(13-17,10-12-19)18-20-14(2)7-5-8-15(20)3/h14-15,18H,4-13,17H2,1-3H3. The Hall–Kier alpha value is -0.160. The first-order chi connectivity index (χ1) is 9.60. The molecule has 0 aromatic carbocycles. The van der Waals surface area contributed by atoms with Crippen molar-refractivity contribution < 1.29 is 0 Å². The third-order valence-corrected chi connectivity index (χ3v) is 5.43. The van der Waals surface area contributed by atoms with Crippen molar-refractivity contribution in [2.75, 3.05) is 26.2 Å². The molecule has 3 atom stereocenters. The van der Waals surface area contributed by atoms with Crippen molar-refractivity contribution in [1.82, 2.24) is 15.3 Å². The Kier molecular flexibility index (Phi) is 5.84. The molecule has 0 spiro atoms. The minimum Gasteiger partial charge on any atom is -0.329 e. The SMILES string of the molecule is CCN1CCCC(CN)(NN2C(C)CCCC2C)CC1. The van der Waals surface area contributed by atoms with Crippen molar-refractivity contribution in [3.8, 4) is 0 Å². The van der Waals surface area contributed by atoms with Crippen molar-refractivity contribution in [3.63, 3.8) is 0 Å². The van der Waals surface area contributed by atoms with Crippen LogP contribution in [-0.2, 0) is 0 Å². The summed E-state index contributed by atoms with van der Waals surface area (Å²) in [4.78, 5) is 2.56. The Labute approximate surface area is 125 Å². The summed E-state index contributed by atoms with van der Waals surface area (Å²) in [6.45, 7) is 11.3. The van der Waals surface area contributed by atoms with E-state index in [1.807, 2.05) is 0 Å². The Morgan fingerprint density at radius 3 is 2.40 bits per heavy atom. The zero-order valence-corrected chi connectivity index (χ0v) is 13.7. The normalized spacial score (nSPS) is 37.8. The second kappa shape index (κ2) is 7.21. The molecule has 2 aliphatic rings. The minimum atomic E-state index is 0.115. The zero-order chi connectivity index (χ0) is 14.6. The van der Waals surface area contributed by atoms with Gasteiger partial charge in [-0.15, -0.1) is 0 Å². The molecule has 0 aromatic rings. The topological polar surface area (TPSA) is 44.5 Å². The summed E-state index contributed by atoms with van der Waals surface area (Å²) in [6, 6.07) is 1.26. The summed E-state index contributed by atoms with van der Waals surface area (Å²) < 4.78 is 0. The number of piperidine rings is 1. The molecule has 0 amide bonds. The number of nitrogens with zero attached hydrogens (tertiary/aromatic N) is 2. The fourth-order valence-electron chi connectivity index (χ4n) is 3.84. The largest absolute Gasteiger partial charge is 0.329 e. The van der Waals surface area contributed by atoms with Crippen LogP contribution in [-0.4, -0.2) is 53.7 Å². The van der Waals surface area contributed by atoms with Crippen molar-refractivity contribution >= 4 is 0 Å². The monoisotopic (exact) mass is 282 g/mol. The Morgan fingerprint density at radius 1 is 1.10 bits per heavy atom. The van der Waals surface area contributed by atoms with Gasteiger partial charge in [0.15, 0.2) is 0 Å². The van der Waals surface area contributed by atoms with Crippen LogP contribution in [0.4, 0.5) is 0 Å². The van der Waals surface area contributed by atoms with Gasteiger partial charge in [0.05, 0.1) is 0 Å². The van der Waals surface area contributed by atoms with E-state index in [-0.39, 0.29) is 5.54 Å². The van der Waals surface area contributed by atoms with Gasteiger partial charge in [0.2, 0.25) is 0 Å². The van der Waals surface area contributed by atoms with Gasteiger partial charge in [-0.25, -0.2) is 10.4 Å². The highest BCUT2D eigenvalue weighted by Gasteiger charge is 2.36. The summed E-state index contributed by atoms with van der Waals surface area (Å²) in [6.07, 6.45) is 7.61. The van der Waals surface area contributed by atoms with E-state index in [1.165, 1.54) is 51.6 Å². The van der Waals surface area contributed by atoms with Gasteiger partial charge in [0.25, 0.3) is 0 Å². The molecule has 2 heterocycles.